The Hall–Kier alpha value is -2.71. The molecule has 4 aliphatic rings. The van der Waals surface area contributed by atoms with Crippen LogP contribution in [0.25, 0.3) is 0 Å². The standard InChI is InChI=1S/C31H44N4O4/c1-6-34(7-2)16-17-35-27(29(37)33-23-13-9-11-20(4)21(23)5)31-15-14-24(39-31)25(26(31)30(35)38)28(36)32-22-12-8-10-19(3)18-22/h8,10,12,14-15,18,20-21,23-27H,6-7,9,11,13,16-17H2,1-5H3,(H,32,36)(H,33,37)/t20-,21-,23+,24-,25+,26-,27-,31-/m0/s1. The zero-order valence-corrected chi connectivity index (χ0v) is 24.0. The number of amides is 3. The van der Waals surface area contributed by atoms with Gasteiger partial charge in [-0.1, -0.05) is 64.8 Å². The largest absolute Gasteiger partial charge is 0.359 e. The van der Waals surface area contributed by atoms with Crippen molar-refractivity contribution in [2.24, 2.45) is 23.7 Å². The molecule has 2 saturated heterocycles. The maximum atomic E-state index is 14.1. The number of carbonyl (C=O) groups excluding carboxylic acids is 3. The second kappa shape index (κ2) is 11.0. The van der Waals surface area contributed by atoms with Crippen LogP contribution in [0.5, 0.6) is 0 Å². The number of benzene rings is 1. The van der Waals surface area contributed by atoms with Gasteiger partial charge in [-0.25, -0.2) is 0 Å². The van der Waals surface area contributed by atoms with E-state index in [4.69, 9.17) is 4.74 Å². The number of nitrogens with one attached hydrogen (secondary N) is 2. The fourth-order valence-corrected chi connectivity index (χ4v) is 7.29. The van der Waals surface area contributed by atoms with E-state index in [1.165, 1.54) is 6.42 Å². The van der Waals surface area contributed by atoms with Gasteiger partial charge < -0.3 is 25.2 Å². The fourth-order valence-electron chi connectivity index (χ4n) is 7.29. The highest BCUT2D eigenvalue weighted by molar-refractivity contribution is 6.02. The van der Waals surface area contributed by atoms with Gasteiger partial charge in [-0.05, 0) is 56.0 Å². The fraction of sp³-hybridized carbons (Fsp3) is 0.645. The monoisotopic (exact) mass is 536 g/mol. The molecule has 39 heavy (non-hydrogen) atoms. The molecule has 1 aromatic carbocycles. The maximum Gasteiger partial charge on any atom is 0.246 e. The van der Waals surface area contributed by atoms with Crippen LogP contribution in [-0.4, -0.2) is 77.5 Å². The third-order valence-electron chi connectivity index (χ3n) is 9.80. The first-order chi connectivity index (χ1) is 18.7. The summed E-state index contributed by atoms with van der Waals surface area (Å²) in [6.07, 6.45) is 6.43. The van der Waals surface area contributed by atoms with Crippen molar-refractivity contribution in [1.82, 2.24) is 15.1 Å². The van der Waals surface area contributed by atoms with Crippen molar-refractivity contribution >= 4 is 23.4 Å². The lowest BCUT2D eigenvalue weighted by Crippen LogP contribution is -2.58. The van der Waals surface area contributed by atoms with Gasteiger partial charge >= 0.3 is 0 Å². The highest BCUT2D eigenvalue weighted by atomic mass is 16.5. The third-order valence-corrected chi connectivity index (χ3v) is 9.80. The van der Waals surface area contributed by atoms with Crippen molar-refractivity contribution in [2.75, 3.05) is 31.5 Å². The molecule has 8 nitrogen and oxygen atoms in total. The minimum atomic E-state index is -1.13. The number of carbonyl (C=O) groups is 3. The summed E-state index contributed by atoms with van der Waals surface area (Å²) in [4.78, 5) is 45.8. The summed E-state index contributed by atoms with van der Waals surface area (Å²) in [5.41, 5.74) is 0.600. The zero-order chi connectivity index (χ0) is 27.9. The molecule has 3 amide bonds. The van der Waals surface area contributed by atoms with E-state index in [-0.39, 0.29) is 23.8 Å². The molecule has 8 atom stereocenters. The summed E-state index contributed by atoms with van der Waals surface area (Å²) in [5.74, 6) is -1.09. The van der Waals surface area contributed by atoms with E-state index in [1.54, 1.807) is 4.90 Å². The van der Waals surface area contributed by atoms with E-state index < -0.39 is 29.6 Å². The van der Waals surface area contributed by atoms with Crippen molar-refractivity contribution in [2.45, 2.75) is 77.7 Å². The van der Waals surface area contributed by atoms with Gasteiger partial charge in [-0.3, -0.25) is 14.4 Å². The molecule has 5 rings (SSSR count). The Morgan fingerprint density at radius 3 is 2.64 bits per heavy atom. The van der Waals surface area contributed by atoms with Crippen LogP contribution in [0.15, 0.2) is 36.4 Å². The summed E-state index contributed by atoms with van der Waals surface area (Å²) in [5, 5.41) is 6.34. The molecular formula is C31H44N4O4. The summed E-state index contributed by atoms with van der Waals surface area (Å²) in [6.45, 7) is 13.4. The lowest BCUT2D eigenvalue weighted by molar-refractivity contribution is -0.141. The van der Waals surface area contributed by atoms with Crippen LogP contribution in [0.4, 0.5) is 5.69 Å². The van der Waals surface area contributed by atoms with Gasteiger partial charge in [0.1, 0.15) is 11.6 Å². The number of rotatable bonds is 9. The third kappa shape index (κ3) is 4.91. The number of ether oxygens (including phenoxy) is 1. The van der Waals surface area contributed by atoms with Crippen molar-refractivity contribution in [1.29, 1.82) is 0 Å². The van der Waals surface area contributed by atoms with Gasteiger partial charge in [0.25, 0.3) is 0 Å². The van der Waals surface area contributed by atoms with Crippen molar-refractivity contribution in [3.05, 3.63) is 42.0 Å². The normalized spacial score (nSPS) is 35.0. The Morgan fingerprint density at radius 2 is 1.92 bits per heavy atom. The number of anilines is 1. The summed E-state index contributed by atoms with van der Waals surface area (Å²) in [7, 11) is 0. The lowest BCUT2D eigenvalue weighted by Gasteiger charge is -2.38. The van der Waals surface area contributed by atoms with Crippen LogP contribution in [0.3, 0.4) is 0 Å². The number of fused-ring (bicyclic) bond motifs is 1. The molecule has 1 aromatic rings. The second-order valence-corrected chi connectivity index (χ2v) is 12.0. The first kappa shape index (κ1) is 27.8. The van der Waals surface area contributed by atoms with Crippen molar-refractivity contribution in [3.63, 3.8) is 0 Å². The van der Waals surface area contributed by atoms with Crippen LogP contribution < -0.4 is 10.6 Å². The Labute approximate surface area is 232 Å². The molecule has 0 unspecified atom stereocenters. The van der Waals surface area contributed by atoms with E-state index >= 15 is 0 Å². The molecule has 212 valence electrons. The SMILES string of the molecule is CCN(CC)CCN1C(=O)[C@@H]2[C@H](C(=O)Nc3cccc(C)c3)[C@@H]3C=C[C@@]2(O3)[C@@H]1C(=O)N[C@@H]1CCC[C@H](C)[C@@H]1C. The molecule has 2 bridgehead atoms. The first-order valence-electron chi connectivity index (χ1n) is 14.8. The zero-order valence-electron chi connectivity index (χ0n) is 24.0. The van der Waals surface area contributed by atoms with E-state index in [2.05, 4.69) is 43.2 Å². The van der Waals surface area contributed by atoms with E-state index in [1.807, 2.05) is 43.3 Å². The Kier molecular flexibility index (Phi) is 7.89. The van der Waals surface area contributed by atoms with Crippen molar-refractivity contribution in [3.8, 4) is 0 Å². The smallest absolute Gasteiger partial charge is 0.246 e. The maximum absolute atomic E-state index is 14.1. The number of hydrogen-bond acceptors (Lipinski definition) is 5. The average molecular weight is 537 g/mol. The van der Waals surface area contributed by atoms with Gasteiger partial charge in [0.15, 0.2) is 0 Å². The predicted molar refractivity (Wildman–Crippen MR) is 151 cm³/mol. The van der Waals surface area contributed by atoms with E-state index in [0.717, 1.165) is 31.5 Å². The molecule has 1 aliphatic carbocycles. The predicted octanol–water partition coefficient (Wildman–Crippen LogP) is 3.37. The van der Waals surface area contributed by atoms with Gasteiger partial charge in [-0.2, -0.15) is 0 Å². The number of likely N-dealkylation sites (tertiary alicyclic amines) is 1. The molecule has 1 spiro atoms. The molecule has 0 radical (unpaired) electrons. The second-order valence-electron chi connectivity index (χ2n) is 12.0. The van der Waals surface area contributed by atoms with Crippen LogP contribution in [-0.2, 0) is 19.1 Å². The first-order valence-corrected chi connectivity index (χ1v) is 14.8. The molecule has 0 aromatic heterocycles. The Balaban J connectivity index is 1.43. The Morgan fingerprint density at radius 1 is 1.15 bits per heavy atom. The highest BCUT2D eigenvalue weighted by Crippen LogP contribution is 2.55. The van der Waals surface area contributed by atoms with Crippen LogP contribution in [0.1, 0.15) is 52.5 Å². The van der Waals surface area contributed by atoms with Gasteiger partial charge in [-0.15, -0.1) is 0 Å². The van der Waals surface area contributed by atoms with E-state index in [9.17, 15) is 14.4 Å². The average Bonchev–Trinajstić information content (AvgIpc) is 3.55. The highest BCUT2D eigenvalue weighted by Gasteiger charge is 2.72. The minimum Gasteiger partial charge on any atom is -0.359 e. The van der Waals surface area contributed by atoms with Gasteiger partial charge in [0.05, 0.1) is 17.9 Å². The molecule has 3 aliphatic heterocycles. The topological polar surface area (TPSA) is 91.0 Å². The number of aryl methyl sites for hydroxylation is 1. The molecule has 2 N–H and O–H groups in total. The summed E-state index contributed by atoms with van der Waals surface area (Å²) < 4.78 is 6.50. The number of hydrogen-bond donors (Lipinski definition) is 2. The molecular weight excluding hydrogens is 492 g/mol. The number of nitrogens with zero attached hydrogens (tertiary/aromatic N) is 2. The Bertz CT molecular complexity index is 1130. The summed E-state index contributed by atoms with van der Waals surface area (Å²) >= 11 is 0. The molecule has 1 saturated carbocycles. The minimum absolute atomic E-state index is 0.0689. The van der Waals surface area contributed by atoms with Crippen molar-refractivity contribution < 1.29 is 19.1 Å². The van der Waals surface area contributed by atoms with E-state index in [0.29, 0.717) is 30.6 Å². The lowest BCUT2D eigenvalue weighted by atomic mass is 9.73. The quantitative estimate of drug-likeness (QED) is 0.473. The van der Waals surface area contributed by atoms with Crippen LogP contribution in [0.2, 0.25) is 0 Å². The molecule has 8 heteroatoms. The molecule has 3 fully saturated rings. The number of likely N-dealkylation sites (N-methyl/N-ethyl adjacent to an activating group) is 1. The van der Waals surface area contributed by atoms with Gasteiger partial charge in [0, 0.05) is 24.8 Å². The van der Waals surface area contributed by atoms with Crippen LogP contribution in [0, 0.1) is 30.6 Å². The van der Waals surface area contributed by atoms with Gasteiger partial charge in [0.2, 0.25) is 17.7 Å². The molecule has 3 heterocycles. The summed E-state index contributed by atoms with van der Waals surface area (Å²) in [6, 6.07) is 6.90. The van der Waals surface area contributed by atoms with Crippen LogP contribution >= 0.6 is 0 Å².